The standard InChI is InChI=1S/C24H24N2O/c1-4-10-20(11-5-1)18-26-17-16-23(19-26)25-27-24(21-12-6-2-7-13-21)22-14-8-3-9-15-22/h1-15,24H,16-19H2/b25-23-. The Bertz CT molecular complexity index is 823. The van der Waals surface area contributed by atoms with Crippen LogP contribution in [0.15, 0.2) is 96.2 Å². The van der Waals surface area contributed by atoms with E-state index in [4.69, 9.17) is 4.84 Å². The van der Waals surface area contributed by atoms with Gasteiger partial charge in [-0.15, -0.1) is 0 Å². The molecule has 0 bridgehead atoms. The Morgan fingerprint density at radius 3 is 1.93 bits per heavy atom. The molecular formula is C24H24N2O. The highest BCUT2D eigenvalue weighted by Gasteiger charge is 2.20. The van der Waals surface area contributed by atoms with Crippen LogP contribution >= 0.6 is 0 Å². The summed E-state index contributed by atoms with van der Waals surface area (Å²) in [5.74, 6) is 0. The highest BCUT2D eigenvalue weighted by molar-refractivity contribution is 5.87. The summed E-state index contributed by atoms with van der Waals surface area (Å²) in [6, 6.07) is 31.2. The lowest BCUT2D eigenvalue weighted by molar-refractivity contribution is 0.0866. The molecule has 3 aromatic rings. The van der Waals surface area contributed by atoms with Gasteiger partial charge in [0.25, 0.3) is 0 Å². The third-order valence-electron chi connectivity index (χ3n) is 4.86. The topological polar surface area (TPSA) is 24.8 Å². The molecule has 0 unspecified atom stereocenters. The Labute approximate surface area is 160 Å². The van der Waals surface area contributed by atoms with Crippen molar-refractivity contribution in [3.05, 3.63) is 108 Å². The molecule has 3 aromatic carbocycles. The van der Waals surface area contributed by atoms with E-state index in [0.29, 0.717) is 0 Å². The third-order valence-corrected chi connectivity index (χ3v) is 4.86. The van der Waals surface area contributed by atoms with Gasteiger partial charge < -0.3 is 4.84 Å². The number of nitrogens with zero attached hydrogens (tertiary/aromatic N) is 2. The molecule has 3 nitrogen and oxygen atoms in total. The summed E-state index contributed by atoms with van der Waals surface area (Å²) in [5, 5.41) is 4.54. The average Bonchev–Trinajstić information content (AvgIpc) is 3.18. The Hall–Kier alpha value is -2.91. The second-order valence-corrected chi connectivity index (χ2v) is 6.91. The van der Waals surface area contributed by atoms with Crippen molar-refractivity contribution in [2.24, 2.45) is 5.16 Å². The molecule has 0 radical (unpaired) electrons. The highest BCUT2D eigenvalue weighted by atomic mass is 16.6. The van der Waals surface area contributed by atoms with Crippen LogP contribution in [0.2, 0.25) is 0 Å². The predicted molar refractivity (Wildman–Crippen MR) is 110 cm³/mol. The van der Waals surface area contributed by atoms with Gasteiger partial charge in [-0.1, -0.05) is 96.2 Å². The highest BCUT2D eigenvalue weighted by Crippen LogP contribution is 2.26. The van der Waals surface area contributed by atoms with Gasteiger partial charge in [0.05, 0.1) is 5.71 Å². The van der Waals surface area contributed by atoms with Crippen LogP contribution in [0, 0.1) is 0 Å². The van der Waals surface area contributed by atoms with E-state index in [2.05, 4.69) is 64.7 Å². The smallest absolute Gasteiger partial charge is 0.177 e. The molecule has 0 aromatic heterocycles. The number of oxime groups is 1. The zero-order valence-corrected chi connectivity index (χ0v) is 15.4. The van der Waals surface area contributed by atoms with Crippen molar-refractivity contribution in [1.29, 1.82) is 0 Å². The third kappa shape index (κ3) is 4.63. The zero-order chi connectivity index (χ0) is 18.3. The Balaban J connectivity index is 1.45. The molecule has 0 spiro atoms. The minimum Gasteiger partial charge on any atom is -0.383 e. The maximum Gasteiger partial charge on any atom is 0.177 e. The summed E-state index contributed by atoms with van der Waals surface area (Å²) in [7, 11) is 0. The van der Waals surface area contributed by atoms with Crippen molar-refractivity contribution in [1.82, 2.24) is 4.90 Å². The van der Waals surface area contributed by atoms with Gasteiger partial charge in [0.15, 0.2) is 6.10 Å². The number of hydrogen-bond acceptors (Lipinski definition) is 3. The molecule has 0 amide bonds. The molecule has 1 fully saturated rings. The van der Waals surface area contributed by atoms with Gasteiger partial charge in [-0.25, -0.2) is 0 Å². The van der Waals surface area contributed by atoms with Crippen molar-refractivity contribution < 1.29 is 4.84 Å². The second kappa shape index (κ2) is 8.65. The molecule has 0 N–H and O–H groups in total. The molecule has 136 valence electrons. The molecular weight excluding hydrogens is 332 g/mol. The van der Waals surface area contributed by atoms with E-state index in [-0.39, 0.29) is 6.10 Å². The van der Waals surface area contributed by atoms with Crippen LogP contribution in [0.1, 0.15) is 29.2 Å². The molecule has 0 saturated carbocycles. The lowest BCUT2D eigenvalue weighted by atomic mass is 10.0. The molecule has 1 saturated heterocycles. The molecule has 0 aliphatic carbocycles. The van der Waals surface area contributed by atoms with Gasteiger partial charge in [-0.05, 0) is 16.7 Å². The molecule has 0 atom stereocenters. The first kappa shape index (κ1) is 17.5. The zero-order valence-electron chi connectivity index (χ0n) is 15.4. The summed E-state index contributed by atoms with van der Waals surface area (Å²) in [6.07, 6.45) is 0.784. The van der Waals surface area contributed by atoms with Gasteiger partial charge in [0.1, 0.15) is 0 Å². The molecule has 1 aliphatic rings. The normalized spacial score (nSPS) is 16.1. The van der Waals surface area contributed by atoms with E-state index in [0.717, 1.165) is 42.9 Å². The van der Waals surface area contributed by atoms with E-state index >= 15 is 0 Å². The first-order valence-electron chi connectivity index (χ1n) is 9.46. The molecule has 27 heavy (non-hydrogen) atoms. The Morgan fingerprint density at radius 2 is 1.33 bits per heavy atom. The SMILES string of the molecule is c1ccc(CN2CC/C(=N/OC(c3ccccc3)c3ccccc3)C2)cc1. The van der Waals surface area contributed by atoms with Gasteiger partial charge in [0.2, 0.25) is 0 Å². The van der Waals surface area contributed by atoms with Crippen LogP contribution < -0.4 is 0 Å². The minimum absolute atomic E-state index is 0.178. The monoisotopic (exact) mass is 356 g/mol. The van der Waals surface area contributed by atoms with Gasteiger partial charge in [0, 0.05) is 26.1 Å². The fourth-order valence-corrected chi connectivity index (χ4v) is 3.45. The maximum absolute atomic E-state index is 6.06. The van der Waals surface area contributed by atoms with E-state index in [1.165, 1.54) is 5.56 Å². The van der Waals surface area contributed by atoms with Crippen LogP contribution in [-0.2, 0) is 11.4 Å². The van der Waals surface area contributed by atoms with Crippen LogP contribution in [0.5, 0.6) is 0 Å². The first-order chi connectivity index (χ1) is 13.4. The summed E-state index contributed by atoms with van der Waals surface area (Å²) in [5.41, 5.74) is 4.69. The fourth-order valence-electron chi connectivity index (χ4n) is 3.45. The van der Waals surface area contributed by atoms with Crippen molar-refractivity contribution in [3.8, 4) is 0 Å². The van der Waals surface area contributed by atoms with Crippen molar-refractivity contribution in [2.75, 3.05) is 13.1 Å². The molecule has 1 heterocycles. The Morgan fingerprint density at radius 1 is 0.778 bits per heavy atom. The van der Waals surface area contributed by atoms with E-state index in [1.54, 1.807) is 0 Å². The largest absolute Gasteiger partial charge is 0.383 e. The van der Waals surface area contributed by atoms with E-state index in [9.17, 15) is 0 Å². The predicted octanol–water partition coefficient (Wildman–Crippen LogP) is 5.05. The second-order valence-electron chi connectivity index (χ2n) is 6.91. The van der Waals surface area contributed by atoms with Crippen LogP contribution in [0.4, 0.5) is 0 Å². The summed E-state index contributed by atoms with van der Waals surface area (Å²) in [6.45, 7) is 2.85. The maximum atomic E-state index is 6.06. The number of benzene rings is 3. The van der Waals surface area contributed by atoms with E-state index < -0.39 is 0 Å². The van der Waals surface area contributed by atoms with Gasteiger partial charge >= 0.3 is 0 Å². The first-order valence-corrected chi connectivity index (χ1v) is 9.46. The quantitative estimate of drug-likeness (QED) is 0.577. The van der Waals surface area contributed by atoms with E-state index in [1.807, 2.05) is 36.4 Å². The summed E-state index contributed by atoms with van der Waals surface area (Å²) in [4.78, 5) is 8.47. The molecule has 1 aliphatic heterocycles. The van der Waals surface area contributed by atoms with Gasteiger partial charge in [-0.3, -0.25) is 4.90 Å². The van der Waals surface area contributed by atoms with Crippen molar-refractivity contribution in [2.45, 2.75) is 19.1 Å². The summed E-state index contributed by atoms with van der Waals surface area (Å²) >= 11 is 0. The fraction of sp³-hybridized carbons (Fsp3) is 0.208. The van der Waals surface area contributed by atoms with Crippen LogP contribution in [0.25, 0.3) is 0 Å². The number of likely N-dealkylation sites (tertiary alicyclic amines) is 1. The molecule has 4 rings (SSSR count). The van der Waals surface area contributed by atoms with Crippen LogP contribution in [-0.4, -0.2) is 23.7 Å². The Kier molecular flexibility index (Phi) is 5.61. The lowest BCUT2D eigenvalue weighted by Crippen LogP contribution is -2.20. The minimum atomic E-state index is -0.178. The summed E-state index contributed by atoms with van der Waals surface area (Å²) < 4.78 is 0. The number of hydrogen-bond donors (Lipinski definition) is 0. The van der Waals surface area contributed by atoms with Crippen molar-refractivity contribution >= 4 is 5.71 Å². The van der Waals surface area contributed by atoms with Crippen molar-refractivity contribution in [3.63, 3.8) is 0 Å². The number of rotatable bonds is 6. The van der Waals surface area contributed by atoms with Gasteiger partial charge in [-0.2, -0.15) is 0 Å². The lowest BCUT2D eigenvalue weighted by Gasteiger charge is -2.17. The molecule has 3 heteroatoms. The van der Waals surface area contributed by atoms with Crippen LogP contribution in [0.3, 0.4) is 0 Å². The average molecular weight is 356 g/mol.